The van der Waals surface area contributed by atoms with Crippen molar-refractivity contribution in [2.45, 2.75) is 38.0 Å². The molecule has 1 saturated carbocycles. The lowest BCUT2D eigenvalue weighted by atomic mass is 9.81. The van der Waals surface area contributed by atoms with Crippen LogP contribution >= 0.6 is 11.3 Å². The van der Waals surface area contributed by atoms with Gasteiger partial charge in [-0.2, -0.15) is 0 Å². The summed E-state index contributed by atoms with van der Waals surface area (Å²) >= 11 is 1.05. The monoisotopic (exact) mass is 426 g/mol. The van der Waals surface area contributed by atoms with Crippen molar-refractivity contribution in [1.29, 1.82) is 0 Å². The van der Waals surface area contributed by atoms with Crippen LogP contribution in [0.2, 0.25) is 0 Å². The molecule has 0 unspecified atom stereocenters. The van der Waals surface area contributed by atoms with E-state index in [1.165, 1.54) is 11.6 Å². The van der Waals surface area contributed by atoms with Crippen molar-refractivity contribution in [3.63, 3.8) is 0 Å². The van der Waals surface area contributed by atoms with Gasteiger partial charge in [0.15, 0.2) is 0 Å². The first kappa shape index (κ1) is 20.2. The molecule has 0 aliphatic heterocycles. The maximum Gasteiger partial charge on any atom is 0.326 e. The molecule has 0 bridgehead atoms. The van der Waals surface area contributed by atoms with Gasteiger partial charge >= 0.3 is 11.0 Å². The van der Waals surface area contributed by atoms with E-state index >= 15 is 0 Å². The highest BCUT2D eigenvalue weighted by atomic mass is 32.1. The van der Waals surface area contributed by atoms with Crippen molar-refractivity contribution in [3.05, 3.63) is 57.9 Å². The Labute approximate surface area is 177 Å². The second-order valence-electron chi connectivity index (χ2n) is 7.54. The highest BCUT2D eigenvalue weighted by Crippen LogP contribution is 2.38. The molecule has 1 aliphatic carbocycles. The predicted octanol–water partition coefficient (Wildman–Crippen LogP) is 4.61. The molecule has 0 atom stereocenters. The van der Waals surface area contributed by atoms with Crippen LogP contribution in [0.5, 0.6) is 0 Å². The fraction of sp³-hybridized carbons (Fsp3) is 0.381. The first-order valence-electron chi connectivity index (χ1n) is 9.97. The van der Waals surface area contributed by atoms with Crippen LogP contribution in [0.15, 0.2) is 36.4 Å². The Morgan fingerprint density at radius 1 is 1.20 bits per heavy atom. The Kier molecular flexibility index (Phi) is 5.89. The van der Waals surface area contributed by atoms with Crippen LogP contribution in [0.4, 0.5) is 10.8 Å². The van der Waals surface area contributed by atoms with Gasteiger partial charge in [0, 0.05) is 18.5 Å². The number of nitrogens with one attached hydrogen (secondary N) is 1. The van der Waals surface area contributed by atoms with Crippen molar-refractivity contribution < 1.29 is 14.8 Å². The number of carboxylic acids is 1. The number of aromatic nitrogens is 2. The average Bonchev–Trinajstić information content (AvgIpc) is 3.19. The molecule has 30 heavy (non-hydrogen) atoms. The molecule has 9 heteroatoms. The topological polar surface area (TPSA) is 118 Å². The average molecular weight is 426 g/mol. The van der Waals surface area contributed by atoms with Crippen LogP contribution in [0.1, 0.15) is 43.0 Å². The lowest BCUT2D eigenvalue weighted by molar-refractivity contribution is -0.380. The fourth-order valence-electron chi connectivity index (χ4n) is 3.90. The second kappa shape index (κ2) is 8.74. The number of aliphatic carboxylic acids is 1. The van der Waals surface area contributed by atoms with Crippen molar-refractivity contribution in [3.8, 4) is 0 Å². The van der Waals surface area contributed by atoms with Gasteiger partial charge in [-0.05, 0) is 49.0 Å². The number of rotatable bonds is 7. The smallest absolute Gasteiger partial charge is 0.326 e. The molecule has 4 rings (SSSR count). The molecule has 0 spiro atoms. The van der Waals surface area contributed by atoms with Gasteiger partial charge in [0.1, 0.15) is 16.5 Å². The van der Waals surface area contributed by atoms with E-state index in [0.29, 0.717) is 54.1 Å². The van der Waals surface area contributed by atoms with Crippen molar-refractivity contribution in [2.75, 3.05) is 11.9 Å². The number of carbonyl (C=O) groups is 1. The summed E-state index contributed by atoms with van der Waals surface area (Å²) in [5, 5.41) is 24.5. The molecular formula is C21H22N4O4S. The van der Waals surface area contributed by atoms with E-state index in [9.17, 15) is 20.0 Å². The van der Waals surface area contributed by atoms with E-state index in [0.717, 1.165) is 17.8 Å². The normalized spacial score (nSPS) is 18.9. The van der Waals surface area contributed by atoms with Gasteiger partial charge in [0.2, 0.25) is 0 Å². The summed E-state index contributed by atoms with van der Waals surface area (Å²) in [7, 11) is 0. The fourth-order valence-corrected chi connectivity index (χ4v) is 4.76. The maximum atomic E-state index is 11.3. The first-order valence-corrected chi connectivity index (χ1v) is 10.8. The molecule has 1 aliphatic rings. The van der Waals surface area contributed by atoms with Gasteiger partial charge in [0.25, 0.3) is 0 Å². The molecule has 1 fully saturated rings. The molecule has 0 saturated heterocycles. The van der Waals surface area contributed by atoms with Gasteiger partial charge < -0.3 is 10.4 Å². The first-order chi connectivity index (χ1) is 14.5. The summed E-state index contributed by atoms with van der Waals surface area (Å²) in [6, 6.07) is 11.6. The molecule has 1 aromatic carbocycles. The Morgan fingerprint density at radius 3 is 2.60 bits per heavy atom. The number of thiophene rings is 1. The van der Waals surface area contributed by atoms with E-state index in [1.807, 2.05) is 18.2 Å². The van der Waals surface area contributed by atoms with E-state index in [4.69, 9.17) is 4.98 Å². The summed E-state index contributed by atoms with van der Waals surface area (Å²) in [5.41, 5.74) is 1.19. The number of benzene rings is 1. The van der Waals surface area contributed by atoms with Gasteiger partial charge in [-0.15, -0.1) is 0 Å². The van der Waals surface area contributed by atoms with Gasteiger partial charge in [0.05, 0.1) is 16.2 Å². The highest BCUT2D eigenvalue weighted by Gasteiger charge is 2.29. The quantitative estimate of drug-likeness (QED) is 0.418. The van der Waals surface area contributed by atoms with E-state index < -0.39 is 10.9 Å². The summed E-state index contributed by atoms with van der Waals surface area (Å²) in [6.45, 7) is 0.644. The van der Waals surface area contributed by atoms with Crippen LogP contribution in [-0.2, 0) is 11.2 Å². The van der Waals surface area contributed by atoms with E-state index in [2.05, 4.69) is 22.4 Å². The van der Waals surface area contributed by atoms with Gasteiger partial charge in [-0.1, -0.05) is 30.3 Å². The minimum absolute atomic E-state index is 0.0390. The van der Waals surface area contributed by atoms with Gasteiger partial charge in [-0.25, -0.2) is 9.97 Å². The number of hydrogen-bond donors (Lipinski definition) is 2. The second-order valence-corrected chi connectivity index (χ2v) is 8.55. The number of anilines is 1. The Hall–Kier alpha value is -3.07. The Morgan fingerprint density at radius 2 is 1.93 bits per heavy atom. The molecule has 2 N–H and O–H groups in total. The predicted molar refractivity (Wildman–Crippen MR) is 115 cm³/mol. The summed E-state index contributed by atoms with van der Waals surface area (Å²) in [5.74, 6) is 0.264. The lowest BCUT2D eigenvalue weighted by Crippen LogP contribution is -2.21. The summed E-state index contributed by atoms with van der Waals surface area (Å²) < 4.78 is 0. The molecule has 0 amide bonds. The van der Waals surface area contributed by atoms with Crippen LogP contribution in [0, 0.1) is 16.0 Å². The number of fused-ring (bicyclic) bond motifs is 1. The SMILES string of the molecule is O=C(O)C1CCC(c2nc(NCCc3ccccc3)c3cc([N+](=O)[O-])sc3n2)CC1. The van der Waals surface area contributed by atoms with E-state index in [-0.39, 0.29) is 16.8 Å². The molecule has 156 valence electrons. The molecule has 2 aromatic heterocycles. The van der Waals surface area contributed by atoms with Crippen LogP contribution in [-0.4, -0.2) is 32.5 Å². The van der Waals surface area contributed by atoms with Crippen molar-refractivity contribution in [1.82, 2.24) is 9.97 Å². The molecular weight excluding hydrogens is 404 g/mol. The van der Waals surface area contributed by atoms with Crippen molar-refractivity contribution >= 4 is 38.3 Å². The number of nitrogens with zero attached hydrogens (tertiary/aromatic N) is 3. The van der Waals surface area contributed by atoms with Gasteiger partial charge in [-0.3, -0.25) is 14.9 Å². The minimum atomic E-state index is -0.748. The Balaban J connectivity index is 1.58. The molecule has 8 nitrogen and oxygen atoms in total. The number of carboxylic acid groups (broad SMARTS) is 1. The van der Waals surface area contributed by atoms with E-state index in [1.54, 1.807) is 0 Å². The summed E-state index contributed by atoms with van der Waals surface area (Å²) in [6.07, 6.45) is 3.42. The highest BCUT2D eigenvalue weighted by molar-refractivity contribution is 7.21. The zero-order valence-electron chi connectivity index (χ0n) is 16.3. The lowest BCUT2D eigenvalue weighted by Gasteiger charge is -2.25. The zero-order valence-corrected chi connectivity index (χ0v) is 17.1. The third-order valence-electron chi connectivity index (χ3n) is 5.57. The maximum absolute atomic E-state index is 11.3. The third kappa shape index (κ3) is 4.40. The van der Waals surface area contributed by atoms with Crippen molar-refractivity contribution in [2.24, 2.45) is 5.92 Å². The van der Waals surface area contributed by atoms with Crippen LogP contribution < -0.4 is 5.32 Å². The number of nitro groups is 1. The third-order valence-corrected chi connectivity index (χ3v) is 6.55. The molecule has 0 radical (unpaired) electrons. The van der Waals surface area contributed by atoms with Crippen LogP contribution in [0.25, 0.3) is 10.2 Å². The van der Waals surface area contributed by atoms with Crippen LogP contribution in [0.3, 0.4) is 0 Å². The largest absolute Gasteiger partial charge is 0.481 e. The molecule has 3 aromatic rings. The zero-order chi connectivity index (χ0) is 21.1. The molecule has 2 heterocycles. The standard InChI is InChI=1S/C21H22N4O4S/c26-21(27)15-8-6-14(7-9-15)18-23-19(22-11-10-13-4-2-1-3-5-13)16-12-17(25(28)29)30-20(16)24-18/h1-5,12,14-15H,6-11H2,(H,26,27)(H,22,23,24). The summed E-state index contributed by atoms with van der Waals surface area (Å²) in [4.78, 5) is 32.0. The Bertz CT molecular complexity index is 1060. The number of hydrogen-bond acceptors (Lipinski definition) is 7. The minimum Gasteiger partial charge on any atom is -0.481 e.